The van der Waals surface area contributed by atoms with Crippen molar-refractivity contribution in [3.8, 4) is 0 Å². The zero-order valence-corrected chi connectivity index (χ0v) is 18.3. The van der Waals surface area contributed by atoms with Crippen molar-refractivity contribution in [2.75, 3.05) is 56.7 Å². The van der Waals surface area contributed by atoms with E-state index in [-0.39, 0.29) is 18.3 Å². The average Bonchev–Trinajstić information content (AvgIpc) is 3.32. The SMILES string of the molecule is CN(C)c1nc2sc(C(=O)OCC(=O)N3CCN(c4ccc(F)cc4)CC3)cc2s1. The van der Waals surface area contributed by atoms with E-state index in [0.717, 1.165) is 20.3 Å². The van der Waals surface area contributed by atoms with Crippen molar-refractivity contribution >= 4 is 54.9 Å². The van der Waals surface area contributed by atoms with Crippen LogP contribution in [0.4, 0.5) is 15.2 Å². The van der Waals surface area contributed by atoms with E-state index < -0.39 is 5.97 Å². The van der Waals surface area contributed by atoms with E-state index >= 15 is 0 Å². The Labute approximate surface area is 181 Å². The first-order valence-electron chi connectivity index (χ1n) is 9.44. The van der Waals surface area contributed by atoms with Gasteiger partial charge in [0.05, 0.1) is 4.70 Å². The Morgan fingerprint density at radius 3 is 2.47 bits per heavy atom. The highest BCUT2D eigenvalue weighted by atomic mass is 32.1. The third-order valence-corrected chi connectivity index (χ3v) is 7.12. The maximum absolute atomic E-state index is 13.1. The molecule has 0 spiro atoms. The van der Waals surface area contributed by atoms with Gasteiger partial charge in [0.15, 0.2) is 11.7 Å². The van der Waals surface area contributed by atoms with Crippen LogP contribution in [0.1, 0.15) is 9.67 Å². The number of rotatable bonds is 5. The van der Waals surface area contributed by atoms with E-state index in [9.17, 15) is 14.0 Å². The average molecular weight is 449 g/mol. The van der Waals surface area contributed by atoms with Gasteiger partial charge in [-0.15, -0.1) is 11.3 Å². The second-order valence-corrected chi connectivity index (χ2v) is 9.13. The molecule has 4 rings (SSSR count). The molecule has 1 saturated heterocycles. The molecule has 1 amide bonds. The van der Waals surface area contributed by atoms with Gasteiger partial charge in [-0.25, -0.2) is 14.2 Å². The molecular weight excluding hydrogens is 427 g/mol. The van der Waals surface area contributed by atoms with E-state index in [4.69, 9.17) is 4.74 Å². The van der Waals surface area contributed by atoms with Crippen LogP contribution in [-0.2, 0) is 9.53 Å². The number of piperazine rings is 1. The molecular formula is C20H21FN4O3S2. The summed E-state index contributed by atoms with van der Waals surface area (Å²) in [6, 6.07) is 8.09. The number of aromatic nitrogens is 1. The van der Waals surface area contributed by atoms with Crippen LogP contribution in [-0.4, -0.2) is 68.6 Å². The highest BCUT2D eigenvalue weighted by Gasteiger charge is 2.23. The minimum absolute atomic E-state index is 0.214. The monoisotopic (exact) mass is 448 g/mol. The van der Waals surface area contributed by atoms with Crippen molar-refractivity contribution in [2.24, 2.45) is 0 Å². The second-order valence-electron chi connectivity index (χ2n) is 7.09. The van der Waals surface area contributed by atoms with Crippen LogP contribution < -0.4 is 9.80 Å². The number of anilines is 2. The summed E-state index contributed by atoms with van der Waals surface area (Å²) in [7, 11) is 3.84. The number of ether oxygens (including phenoxy) is 1. The van der Waals surface area contributed by atoms with Gasteiger partial charge in [0, 0.05) is 46.0 Å². The number of thiazole rings is 1. The Bertz CT molecular complexity index is 1020. The smallest absolute Gasteiger partial charge is 0.348 e. The number of amides is 1. The van der Waals surface area contributed by atoms with Crippen LogP contribution >= 0.6 is 22.7 Å². The van der Waals surface area contributed by atoms with Gasteiger partial charge in [-0.1, -0.05) is 11.3 Å². The highest BCUT2D eigenvalue weighted by molar-refractivity contribution is 7.29. The Morgan fingerprint density at radius 1 is 1.13 bits per heavy atom. The van der Waals surface area contributed by atoms with E-state index in [1.54, 1.807) is 23.1 Å². The summed E-state index contributed by atoms with van der Waals surface area (Å²) < 4.78 is 19.2. The molecule has 30 heavy (non-hydrogen) atoms. The van der Waals surface area contributed by atoms with Crippen LogP contribution in [0.15, 0.2) is 30.3 Å². The van der Waals surface area contributed by atoms with E-state index in [0.29, 0.717) is 31.1 Å². The van der Waals surface area contributed by atoms with Crippen LogP contribution in [0.5, 0.6) is 0 Å². The lowest BCUT2D eigenvalue weighted by Crippen LogP contribution is -2.49. The topological polar surface area (TPSA) is 66.0 Å². The van der Waals surface area contributed by atoms with Gasteiger partial charge >= 0.3 is 5.97 Å². The lowest BCUT2D eigenvalue weighted by atomic mass is 10.2. The molecule has 1 aliphatic rings. The summed E-state index contributed by atoms with van der Waals surface area (Å²) in [5.41, 5.74) is 0.929. The molecule has 0 aliphatic carbocycles. The predicted octanol–water partition coefficient (Wildman–Crippen LogP) is 3.07. The Kier molecular flexibility index (Phi) is 5.87. The summed E-state index contributed by atoms with van der Waals surface area (Å²) >= 11 is 2.78. The van der Waals surface area contributed by atoms with Gasteiger partial charge in [-0.2, -0.15) is 0 Å². The van der Waals surface area contributed by atoms with Gasteiger partial charge in [-0.05, 0) is 30.3 Å². The van der Waals surface area contributed by atoms with Gasteiger partial charge in [0.1, 0.15) is 15.5 Å². The minimum Gasteiger partial charge on any atom is -0.451 e. The number of halogens is 1. The second kappa shape index (κ2) is 8.57. The number of hydrogen-bond acceptors (Lipinski definition) is 8. The molecule has 3 aromatic rings. The van der Waals surface area contributed by atoms with Crippen LogP contribution in [0.25, 0.3) is 9.53 Å². The van der Waals surface area contributed by atoms with Crippen LogP contribution in [0.2, 0.25) is 0 Å². The van der Waals surface area contributed by atoms with Gasteiger partial charge in [0.25, 0.3) is 5.91 Å². The summed E-state index contributed by atoms with van der Waals surface area (Å²) in [5.74, 6) is -0.989. The summed E-state index contributed by atoms with van der Waals surface area (Å²) in [4.78, 5) is 36.2. The van der Waals surface area contributed by atoms with Crippen molar-refractivity contribution in [3.63, 3.8) is 0 Å². The van der Waals surface area contributed by atoms with Crippen molar-refractivity contribution < 1.29 is 18.7 Å². The molecule has 0 N–H and O–H groups in total. The zero-order valence-electron chi connectivity index (χ0n) is 16.6. The maximum Gasteiger partial charge on any atom is 0.348 e. The summed E-state index contributed by atoms with van der Waals surface area (Å²) in [5, 5.41) is 0.881. The lowest BCUT2D eigenvalue weighted by molar-refractivity contribution is -0.134. The number of hydrogen-bond donors (Lipinski definition) is 0. The van der Waals surface area contributed by atoms with Gasteiger partial charge < -0.3 is 19.4 Å². The minimum atomic E-state index is -0.505. The van der Waals surface area contributed by atoms with E-state index in [1.807, 2.05) is 19.0 Å². The molecule has 0 atom stereocenters. The standard InChI is InChI=1S/C20H21FN4O3S2/c1-23(2)20-22-18-15(30-20)11-16(29-18)19(27)28-12-17(26)25-9-7-24(8-10-25)14-5-3-13(21)4-6-14/h3-6,11H,7-10,12H2,1-2H3. The number of fused-ring (bicyclic) bond motifs is 1. The summed E-state index contributed by atoms with van der Waals surface area (Å²) in [6.07, 6.45) is 0. The van der Waals surface area contributed by atoms with Crippen molar-refractivity contribution in [2.45, 2.75) is 0 Å². The molecule has 2 aromatic heterocycles. The molecule has 1 aliphatic heterocycles. The largest absolute Gasteiger partial charge is 0.451 e. The number of nitrogens with zero attached hydrogens (tertiary/aromatic N) is 4. The number of carbonyl (C=O) groups excluding carboxylic acids is 2. The first-order valence-corrected chi connectivity index (χ1v) is 11.1. The Morgan fingerprint density at radius 2 is 1.83 bits per heavy atom. The zero-order chi connectivity index (χ0) is 21.3. The normalized spacial score (nSPS) is 14.2. The number of thiophene rings is 1. The van der Waals surface area contributed by atoms with Gasteiger partial charge in [0.2, 0.25) is 0 Å². The highest BCUT2D eigenvalue weighted by Crippen LogP contribution is 2.34. The lowest BCUT2D eigenvalue weighted by Gasteiger charge is -2.36. The molecule has 7 nitrogen and oxygen atoms in total. The Balaban J connectivity index is 1.28. The van der Waals surface area contributed by atoms with E-state index in [1.165, 1.54) is 34.8 Å². The van der Waals surface area contributed by atoms with Crippen LogP contribution in [0, 0.1) is 5.82 Å². The van der Waals surface area contributed by atoms with E-state index in [2.05, 4.69) is 9.88 Å². The summed E-state index contributed by atoms with van der Waals surface area (Å²) in [6.45, 7) is 2.07. The number of esters is 1. The number of carbonyl (C=O) groups is 2. The maximum atomic E-state index is 13.1. The fraction of sp³-hybridized carbons (Fsp3) is 0.350. The quantitative estimate of drug-likeness (QED) is 0.559. The number of benzene rings is 1. The molecule has 10 heteroatoms. The molecule has 1 fully saturated rings. The van der Waals surface area contributed by atoms with Crippen molar-refractivity contribution in [1.82, 2.24) is 9.88 Å². The van der Waals surface area contributed by atoms with Gasteiger partial charge in [-0.3, -0.25) is 4.79 Å². The molecule has 158 valence electrons. The molecule has 0 bridgehead atoms. The molecule has 3 heterocycles. The third kappa shape index (κ3) is 4.39. The predicted molar refractivity (Wildman–Crippen MR) is 117 cm³/mol. The van der Waals surface area contributed by atoms with Crippen molar-refractivity contribution in [1.29, 1.82) is 0 Å². The first kappa shape index (κ1) is 20.5. The van der Waals surface area contributed by atoms with Crippen LogP contribution in [0.3, 0.4) is 0 Å². The molecule has 0 saturated carbocycles. The molecule has 1 aromatic carbocycles. The molecule has 0 unspecified atom stereocenters. The first-order chi connectivity index (χ1) is 14.4. The van der Waals surface area contributed by atoms with Crippen molar-refractivity contribution in [3.05, 3.63) is 41.0 Å². The third-order valence-electron chi connectivity index (χ3n) is 4.81. The Hall–Kier alpha value is -2.72. The fourth-order valence-electron chi connectivity index (χ4n) is 3.17. The molecule has 0 radical (unpaired) electrons. The fourth-order valence-corrected chi connectivity index (χ4v) is 5.20.